The second kappa shape index (κ2) is 11.0. The lowest BCUT2D eigenvalue weighted by atomic mass is 10.0. The van der Waals surface area contributed by atoms with Gasteiger partial charge in [-0.05, 0) is 44.5 Å². The molecule has 1 saturated heterocycles. The molecule has 9 heteroatoms. The number of carbonyl (C=O) groups excluding carboxylic acids is 2. The Kier molecular flexibility index (Phi) is 8.12. The van der Waals surface area contributed by atoms with Crippen molar-refractivity contribution >= 4 is 29.3 Å². The Balaban J connectivity index is 1.92. The summed E-state index contributed by atoms with van der Waals surface area (Å²) in [5.41, 5.74) is 3.17. The van der Waals surface area contributed by atoms with E-state index in [0.29, 0.717) is 24.5 Å². The lowest BCUT2D eigenvalue weighted by molar-refractivity contribution is -0.137. The van der Waals surface area contributed by atoms with Gasteiger partial charge in [0.05, 0.1) is 44.2 Å². The highest BCUT2D eigenvalue weighted by atomic mass is 16.5. The molecule has 1 aliphatic heterocycles. The number of aliphatic carboxylic acids is 1. The van der Waals surface area contributed by atoms with E-state index in [1.54, 1.807) is 30.3 Å². The van der Waals surface area contributed by atoms with Crippen molar-refractivity contribution in [2.24, 2.45) is 0 Å². The number of anilines is 2. The van der Waals surface area contributed by atoms with Gasteiger partial charge >= 0.3 is 12.1 Å². The van der Waals surface area contributed by atoms with Crippen LogP contribution in [0.1, 0.15) is 47.8 Å². The van der Waals surface area contributed by atoms with Crippen molar-refractivity contribution in [3.8, 4) is 0 Å². The number of hydrogen-bond acceptors (Lipinski definition) is 6. The summed E-state index contributed by atoms with van der Waals surface area (Å²) < 4.78 is 10.4. The number of carbonyl (C=O) groups is 3. The first-order valence-electron chi connectivity index (χ1n) is 11.1. The van der Waals surface area contributed by atoms with Crippen LogP contribution in [-0.4, -0.2) is 55.5 Å². The molecule has 1 heterocycles. The topological polar surface area (TPSA) is 117 Å². The molecule has 1 fully saturated rings. The minimum atomic E-state index is -1.02. The Morgan fingerprint density at radius 2 is 1.76 bits per heavy atom. The third-order valence-electron chi connectivity index (χ3n) is 5.79. The van der Waals surface area contributed by atoms with Gasteiger partial charge in [-0.1, -0.05) is 29.8 Å². The van der Waals surface area contributed by atoms with E-state index < -0.39 is 24.0 Å². The third-order valence-corrected chi connectivity index (χ3v) is 5.79. The molecule has 3 atom stereocenters. The van der Waals surface area contributed by atoms with E-state index in [9.17, 15) is 19.5 Å². The molecule has 2 aromatic rings. The van der Waals surface area contributed by atoms with Gasteiger partial charge in [0, 0.05) is 17.6 Å². The van der Waals surface area contributed by atoms with Crippen LogP contribution in [-0.2, 0) is 14.3 Å². The quantitative estimate of drug-likeness (QED) is 0.566. The lowest BCUT2D eigenvalue weighted by Crippen LogP contribution is -2.50. The molecule has 0 bridgehead atoms. The van der Waals surface area contributed by atoms with Crippen molar-refractivity contribution in [1.29, 1.82) is 0 Å². The largest absolute Gasteiger partial charge is 0.481 e. The molecule has 0 saturated carbocycles. The van der Waals surface area contributed by atoms with Crippen molar-refractivity contribution in [2.75, 3.05) is 30.5 Å². The molecule has 3 unspecified atom stereocenters. The third kappa shape index (κ3) is 6.05. The van der Waals surface area contributed by atoms with Crippen molar-refractivity contribution in [3.63, 3.8) is 0 Å². The molecule has 0 radical (unpaired) electrons. The molecule has 0 aliphatic carbocycles. The van der Waals surface area contributed by atoms with Crippen LogP contribution in [0.4, 0.5) is 16.2 Å². The molecule has 0 aromatic heterocycles. The first-order valence-corrected chi connectivity index (χ1v) is 11.1. The number of carboxylic acids is 1. The van der Waals surface area contributed by atoms with Gasteiger partial charge in [-0.2, -0.15) is 0 Å². The highest BCUT2D eigenvalue weighted by molar-refractivity contribution is 5.99. The molecule has 182 valence electrons. The van der Waals surface area contributed by atoms with E-state index in [-0.39, 0.29) is 24.1 Å². The molecule has 2 aromatic carbocycles. The zero-order valence-corrected chi connectivity index (χ0v) is 19.8. The molecule has 3 N–H and O–H groups in total. The predicted molar refractivity (Wildman–Crippen MR) is 128 cm³/mol. The van der Waals surface area contributed by atoms with E-state index in [4.69, 9.17) is 9.47 Å². The number of nitrogens with one attached hydrogen (secondary N) is 2. The summed E-state index contributed by atoms with van der Waals surface area (Å²) in [6.45, 7) is 7.06. The van der Waals surface area contributed by atoms with Gasteiger partial charge in [-0.15, -0.1) is 0 Å². The number of hydrogen-bond donors (Lipinski definition) is 3. The summed E-state index contributed by atoms with van der Waals surface area (Å²) in [4.78, 5) is 38.7. The van der Waals surface area contributed by atoms with E-state index in [1.165, 1.54) is 7.11 Å². The summed E-state index contributed by atoms with van der Waals surface area (Å²) >= 11 is 0. The van der Waals surface area contributed by atoms with Crippen LogP contribution in [0.5, 0.6) is 0 Å². The lowest BCUT2D eigenvalue weighted by Gasteiger charge is -2.41. The maximum absolute atomic E-state index is 13.1. The Hall–Kier alpha value is -3.59. The number of morpholine rings is 1. The summed E-state index contributed by atoms with van der Waals surface area (Å²) in [7, 11) is 1.27. The summed E-state index contributed by atoms with van der Waals surface area (Å²) in [6.07, 6.45) is -0.918. The van der Waals surface area contributed by atoms with Gasteiger partial charge in [0.25, 0.3) is 5.91 Å². The van der Waals surface area contributed by atoms with E-state index in [0.717, 1.165) is 11.3 Å². The SMILES string of the molecule is COC(=O)Nc1cc(C(=O)NC(CC(=O)O)c2ccc(C)cc2)ccc1N1C(C)COCC1C. The molecular formula is C25H31N3O6. The Morgan fingerprint density at radius 1 is 1.12 bits per heavy atom. The van der Waals surface area contributed by atoms with Gasteiger partial charge in [0.2, 0.25) is 0 Å². The van der Waals surface area contributed by atoms with Crippen LogP contribution < -0.4 is 15.5 Å². The van der Waals surface area contributed by atoms with Gasteiger partial charge in [0.1, 0.15) is 0 Å². The van der Waals surface area contributed by atoms with Crippen LogP contribution in [0.25, 0.3) is 0 Å². The number of amides is 2. The molecule has 2 amide bonds. The fourth-order valence-electron chi connectivity index (χ4n) is 4.11. The number of nitrogens with zero attached hydrogens (tertiary/aromatic N) is 1. The van der Waals surface area contributed by atoms with Crippen molar-refractivity contribution in [3.05, 3.63) is 59.2 Å². The second-order valence-corrected chi connectivity index (χ2v) is 8.53. The van der Waals surface area contributed by atoms with Crippen LogP contribution >= 0.6 is 0 Å². The first kappa shape index (κ1) is 25.0. The fraction of sp³-hybridized carbons (Fsp3) is 0.400. The van der Waals surface area contributed by atoms with Crippen molar-refractivity contribution < 1.29 is 29.0 Å². The van der Waals surface area contributed by atoms with Crippen molar-refractivity contribution in [2.45, 2.75) is 45.3 Å². The maximum atomic E-state index is 13.1. The molecule has 3 rings (SSSR count). The van der Waals surface area contributed by atoms with Gasteiger partial charge in [-0.25, -0.2) is 4.79 Å². The Bertz CT molecular complexity index is 1030. The Labute approximate surface area is 199 Å². The highest BCUT2D eigenvalue weighted by Gasteiger charge is 2.28. The van der Waals surface area contributed by atoms with Gasteiger partial charge in [-0.3, -0.25) is 14.9 Å². The van der Waals surface area contributed by atoms with Crippen molar-refractivity contribution in [1.82, 2.24) is 5.32 Å². The first-order chi connectivity index (χ1) is 16.2. The Morgan fingerprint density at radius 3 is 2.35 bits per heavy atom. The number of benzene rings is 2. The average molecular weight is 470 g/mol. The number of ether oxygens (including phenoxy) is 2. The van der Waals surface area contributed by atoms with Gasteiger partial charge < -0.3 is 24.8 Å². The molecule has 34 heavy (non-hydrogen) atoms. The number of rotatable bonds is 7. The second-order valence-electron chi connectivity index (χ2n) is 8.53. The summed E-state index contributed by atoms with van der Waals surface area (Å²) in [5.74, 6) is -1.47. The van der Waals surface area contributed by atoms with Crippen LogP contribution in [0, 0.1) is 6.92 Å². The normalized spacial score (nSPS) is 18.6. The highest BCUT2D eigenvalue weighted by Crippen LogP contribution is 2.32. The molecule has 0 spiro atoms. The van der Waals surface area contributed by atoms with E-state index in [2.05, 4.69) is 15.5 Å². The van der Waals surface area contributed by atoms with Crippen LogP contribution in [0.3, 0.4) is 0 Å². The van der Waals surface area contributed by atoms with Crippen LogP contribution in [0.2, 0.25) is 0 Å². The maximum Gasteiger partial charge on any atom is 0.411 e. The smallest absolute Gasteiger partial charge is 0.411 e. The number of carboxylic acid groups (broad SMARTS) is 1. The fourth-order valence-corrected chi connectivity index (χ4v) is 4.11. The monoisotopic (exact) mass is 469 g/mol. The number of aryl methyl sites for hydroxylation is 1. The van der Waals surface area contributed by atoms with E-state index >= 15 is 0 Å². The predicted octanol–water partition coefficient (Wildman–Crippen LogP) is 3.73. The number of methoxy groups -OCH3 is 1. The minimum absolute atomic E-state index is 0.0584. The zero-order valence-electron chi connectivity index (χ0n) is 19.8. The summed E-state index contributed by atoms with van der Waals surface area (Å²) in [6, 6.07) is 11.8. The molecule has 9 nitrogen and oxygen atoms in total. The van der Waals surface area contributed by atoms with Gasteiger partial charge in [0.15, 0.2) is 0 Å². The summed E-state index contributed by atoms with van der Waals surface area (Å²) in [5, 5.41) is 14.9. The van der Waals surface area contributed by atoms with Crippen LogP contribution in [0.15, 0.2) is 42.5 Å². The standard InChI is InChI=1S/C25H31N3O6/c1-15-5-7-18(8-6-15)20(12-23(29)30)26-24(31)19-9-10-22(21(11-19)27-25(32)33-4)28-16(2)13-34-14-17(28)3/h5-11,16-17,20H,12-14H2,1-4H3,(H,26,31)(H,27,32)(H,29,30). The molecular weight excluding hydrogens is 438 g/mol. The molecule has 1 aliphatic rings. The van der Waals surface area contributed by atoms with E-state index in [1.807, 2.05) is 32.9 Å². The zero-order chi connectivity index (χ0) is 24.8. The minimum Gasteiger partial charge on any atom is -0.481 e. The average Bonchev–Trinajstić information content (AvgIpc) is 2.79.